The molecule has 0 saturated carbocycles. The van der Waals surface area contributed by atoms with Gasteiger partial charge in [0.1, 0.15) is 0 Å². The number of hydrogen-bond acceptors (Lipinski definition) is 1. The second kappa shape index (κ2) is 5.30. The molecule has 2 nitrogen and oxygen atoms in total. The normalized spacial score (nSPS) is 15.9. The summed E-state index contributed by atoms with van der Waals surface area (Å²) in [5.74, 6) is 0. The minimum atomic E-state index is 0.966. The van der Waals surface area contributed by atoms with Crippen LogP contribution in [0.4, 0.5) is 5.69 Å². The van der Waals surface area contributed by atoms with Crippen molar-refractivity contribution in [2.75, 3.05) is 18.0 Å². The number of anilines is 1. The van der Waals surface area contributed by atoms with E-state index in [1.54, 1.807) is 0 Å². The molecule has 1 aliphatic heterocycles. The van der Waals surface area contributed by atoms with E-state index in [-0.39, 0.29) is 0 Å². The lowest BCUT2D eigenvalue weighted by Gasteiger charge is -2.28. The van der Waals surface area contributed by atoms with Gasteiger partial charge >= 0.3 is 0 Å². The Hall–Kier alpha value is -1.70. The average molecular weight is 240 g/mol. The first-order valence-electron chi connectivity index (χ1n) is 6.86. The van der Waals surface area contributed by atoms with E-state index in [2.05, 4.69) is 58.3 Å². The molecule has 1 aromatic heterocycles. The van der Waals surface area contributed by atoms with Crippen molar-refractivity contribution in [2.45, 2.75) is 25.8 Å². The average Bonchev–Trinajstić information content (AvgIpc) is 2.94. The molecule has 0 unspecified atom stereocenters. The molecule has 3 rings (SSSR count). The Morgan fingerprint density at radius 2 is 1.50 bits per heavy atom. The zero-order valence-electron chi connectivity index (χ0n) is 10.8. The maximum Gasteiger partial charge on any atom is 0.0470 e. The fraction of sp³-hybridized carbons (Fsp3) is 0.375. The fourth-order valence-corrected chi connectivity index (χ4v) is 2.65. The molecule has 1 aliphatic rings. The highest BCUT2D eigenvalue weighted by molar-refractivity contribution is 5.47. The second-order valence-electron chi connectivity index (χ2n) is 5.07. The summed E-state index contributed by atoms with van der Waals surface area (Å²) in [5, 5.41) is 0. The first-order chi connectivity index (χ1) is 8.92. The molecule has 18 heavy (non-hydrogen) atoms. The van der Waals surface area contributed by atoms with Gasteiger partial charge in [-0.1, -0.05) is 12.1 Å². The van der Waals surface area contributed by atoms with Gasteiger partial charge in [-0.25, -0.2) is 0 Å². The maximum absolute atomic E-state index is 2.50. The molecule has 2 heterocycles. The van der Waals surface area contributed by atoms with Gasteiger partial charge in [0.05, 0.1) is 0 Å². The molecule has 0 N–H and O–H groups in total. The SMILES string of the molecule is c1ccn(Cc2ccc(N3CCCCC3)cc2)c1. The largest absolute Gasteiger partial charge is 0.372 e. The molecule has 0 spiro atoms. The van der Waals surface area contributed by atoms with E-state index in [4.69, 9.17) is 0 Å². The van der Waals surface area contributed by atoms with E-state index in [1.165, 1.54) is 43.6 Å². The summed E-state index contributed by atoms with van der Waals surface area (Å²) in [6.07, 6.45) is 8.29. The molecule has 1 saturated heterocycles. The molecule has 2 heteroatoms. The molecule has 0 amide bonds. The Morgan fingerprint density at radius 3 is 2.17 bits per heavy atom. The van der Waals surface area contributed by atoms with Gasteiger partial charge in [-0.2, -0.15) is 0 Å². The van der Waals surface area contributed by atoms with E-state index in [0.717, 1.165) is 6.54 Å². The third-order valence-corrected chi connectivity index (χ3v) is 3.69. The molecular weight excluding hydrogens is 220 g/mol. The second-order valence-corrected chi connectivity index (χ2v) is 5.07. The summed E-state index contributed by atoms with van der Waals surface area (Å²) in [4.78, 5) is 2.50. The summed E-state index contributed by atoms with van der Waals surface area (Å²) in [7, 11) is 0. The van der Waals surface area contributed by atoms with Gasteiger partial charge in [-0.3, -0.25) is 0 Å². The molecule has 94 valence electrons. The molecule has 0 aliphatic carbocycles. The van der Waals surface area contributed by atoms with E-state index >= 15 is 0 Å². The Labute approximate surface area is 109 Å². The summed E-state index contributed by atoms with van der Waals surface area (Å²) in [6, 6.07) is 13.2. The predicted octanol–water partition coefficient (Wildman–Crippen LogP) is 3.53. The maximum atomic E-state index is 2.50. The number of hydrogen-bond donors (Lipinski definition) is 0. The molecule has 1 fully saturated rings. The minimum absolute atomic E-state index is 0.966. The van der Waals surface area contributed by atoms with Crippen LogP contribution >= 0.6 is 0 Å². The van der Waals surface area contributed by atoms with Crippen LogP contribution in [-0.4, -0.2) is 17.7 Å². The van der Waals surface area contributed by atoms with Crippen molar-refractivity contribution in [2.24, 2.45) is 0 Å². The van der Waals surface area contributed by atoms with Crippen LogP contribution in [0.25, 0.3) is 0 Å². The Balaban J connectivity index is 1.68. The van der Waals surface area contributed by atoms with Crippen molar-refractivity contribution in [1.82, 2.24) is 4.57 Å². The van der Waals surface area contributed by atoms with Crippen LogP contribution in [0.3, 0.4) is 0 Å². The van der Waals surface area contributed by atoms with Gasteiger partial charge in [-0.05, 0) is 49.1 Å². The molecular formula is C16H20N2. The zero-order valence-corrected chi connectivity index (χ0v) is 10.8. The third-order valence-electron chi connectivity index (χ3n) is 3.69. The van der Waals surface area contributed by atoms with E-state index in [1.807, 2.05) is 0 Å². The van der Waals surface area contributed by atoms with Crippen LogP contribution in [0, 0.1) is 0 Å². The Morgan fingerprint density at radius 1 is 0.833 bits per heavy atom. The summed E-state index contributed by atoms with van der Waals surface area (Å²) >= 11 is 0. The highest BCUT2D eigenvalue weighted by Gasteiger charge is 2.10. The third kappa shape index (κ3) is 2.58. The van der Waals surface area contributed by atoms with Crippen LogP contribution in [0.5, 0.6) is 0 Å². The van der Waals surface area contributed by atoms with Crippen LogP contribution in [-0.2, 0) is 6.54 Å². The summed E-state index contributed by atoms with van der Waals surface area (Å²) in [6.45, 7) is 3.40. The van der Waals surface area contributed by atoms with E-state index < -0.39 is 0 Å². The first kappa shape index (κ1) is 11.4. The number of piperidine rings is 1. The van der Waals surface area contributed by atoms with Gasteiger partial charge in [0.15, 0.2) is 0 Å². The van der Waals surface area contributed by atoms with Crippen molar-refractivity contribution in [3.8, 4) is 0 Å². The van der Waals surface area contributed by atoms with Gasteiger partial charge < -0.3 is 9.47 Å². The number of nitrogens with zero attached hydrogens (tertiary/aromatic N) is 2. The topological polar surface area (TPSA) is 8.17 Å². The van der Waals surface area contributed by atoms with Crippen LogP contribution < -0.4 is 4.90 Å². The molecule has 0 atom stereocenters. The number of rotatable bonds is 3. The lowest BCUT2D eigenvalue weighted by Crippen LogP contribution is -2.29. The van der Waals surface area contributed by atoms with Crippen molar-refractivity contribution in [3.05, 3.63) is 54.4 Å². The zero-order chi connectivity index (χ0) is 12.2. The monoisotopic (exact) mass is 240 g/mol. The first-order valence-corrected chi connectivity index (χ1v) is 6.86. The predicted molar refractivity (Wildman–Crippen MR) is 76.0 cm³/mol. The van der Waals surface area contributed by atoms with Gasteiger partial charge in [0, 0.05) is 37.7 Å². The fourth-order valence-electron chi connectivity index (χ4n) is 2.65. The van der Waals surface area contributed by atoms with E-state index in [0.29, 0.717) is 0 Å². The minimum Gasteiger partial charge on any atom is -0.372 e. The lowest BCUT2D eigenvalue weighted by molar-refractivity contribution is 0.578. The highest BCUT2D eigenvalue weighted by atomic mass is 15.1. The number of benzene rings is 1. The van der Waals surface area contributed by atoms with Crippen LogP contribution in [0.15, 0.2) is 48.8 Å². The van der Waals surface area contributed by atoms with Crippen molar-refractivity contribution in [1.29, 1.82) is 0 Å². The van der Waals surface area contributed by atoms with Crippen LogP contribution in [0.1, 0.15) is 24.8 Å². The van der Waals surface area contributed by atoms with Crippen LogP contribution in [0.2, 0.25) is 0 Å². The summed E-state index contributed by atoms with van der Waals surface area (Å²) < 4.78 is 2.20. The lowest BCUT2D eigenvalue weighted by atomic mass is 10.1. The van der Waals surface area contributed by atoms with Crippen molar-refractivity contribution >= 4 is 5.69 Å². The highest BCUT2D eigenvalue weighted by Crippen LogP contribution is 2.20. The number of aromatic nitrogens is 1. The molecule has 0 bridgehead atoms. The molecule has 2 aromatic rings. The molecule has 1 aromatic carbocycles. The standard InChI is InChI=1S/C16H20N2/c1-2-12-18(13-3-1)16-8-6-15(7-9-16)14-17-10-4-5-11-17/h4-11H,1-3,12-14H2. The quantitative estimate of drug-likeness (QED) is 0.797. The molecule has 0 radical (unpaired) electrons. The van der Waals surface area contributed by atoms with Gasteiger partial charge in [-0.15, -0.1) is 0 Å². The van der Waals surface area contributed by atoms with E-state index in [9.17, 15) is 0 Å². The van der Waals surface area contributed by atoms with Crippen molar-refractivity contribution < 1.29 is 0 Å². The smallest absolute Gasteiger partial charge is 0.0470 e. The van der Waals surface area contributed by atoms with Gasteiger partial charge in [0.25, 0.3) is 0 Å². The summed E-state index contributed by atoms with van der Waals surface area (Å²) in [5.41, 5.74) is 2.75. The Kier molecular flexibility index (Phi) is 3.35. The van der Waals surface area contributed by atoms with Gasteiger partial charge in [0.2, 0.25) is 0 Å². The van der Waals surface area contributed by atoms with Crippen molar-refractivity contribution in [3.63, 3.8) is 0 Å². The Bertz CT molecular complexity index is 464.